The van der Waals surface area contributed by atoms with Crippen molar-refractivity contribution in [2.75, 3.05) is 12.0 Å². The number of nitrogens with two attached hydrogens (primary N) is 1. The van der Waals surface area contributed by atoms with Crippen molar-refractivity contribution >= 4 is 38.8 Å². The van der Waals surface area contributed by atoms with Gasteiger partial charge < -0.3 is 5.43 Å². The smallest absolute Gasteiger partial charge is 0.242 e. The van der Waals surface area contributed by atoms with Crippen LogP contribution in [0.5, 0.6) is 0 Å². The van der Waals surface area contributed by atoms with E-state index in [1.54, 1.807) is 11.3 Å². The first-order valence-electron chi connectivity index (χ1n) is 5.66. The van der Waals surface area contributed by atoms with Gasteiger partial charge in [-0.2, -0.15) is 11.3 Å². The minimum Gasteiger partial charge on any atom is -0.307 e. The van der Waals surface area contributed by atoms with Crippen LogP contribution in [0, 0.1) is 0 Å². The molecule has 2 rings (SSSR count). The fraction of sp³-hybridized carbons (Fsp3) is 0.182. The molecule has 0 atom stereocenters. The SMILES string of the molecule is NNc1ncc(S(=O)(=O)NCCc2ccsc2)cc1Cl. The number of pyridine rings is 1. The number of thiophene rings is 1. The Morgan fingerprint density at radius 2 is 2.25 bits per heavy atom. The van der Waals surface area contributed by atoms with Crippen LogP contribution in [0.2, 0.25) is 5.02 Å². The molecule has 0 aliphatic heterocycles. The summed E-state index contributed by atoms with van der Waals surface area (Å²) in [5, 5.41) is 4.08. The lowest BCUT2D eigenvalue weighted by atomic mass is 10.2. The number of rotatable bonds is 6. The van der Waals surface area contributed by atoms with E-state index in [4.69, 9.17) is 17.4 Å². The van der Waals surface area contributed by atoms with Crippen molar-refractivity contribution in [1.82, 2.24) is 9.71 Å². The van der Waals surface area contributed by atoms with Gasteiger partial charge in [-0.15, -0.1) is 0 Å². The summed E-state index contributed by atoms with van der Waals surface area (Å²) in [6, 6.07) is 3.26. The molecule has 2 aromatic rings. The van der Waals surface area contributed by atoms with Crippen molar-refractivity contribution in [3.63, 3.8) is 0 Å². The number of hydrogen-bond acceptors (Lipinski definition) is 6. The number of halogens is 1. The number of hydrogen-bond donors (Lipinski definition) is 3. The Bertz CT molecular complexity index is 674. The quantitative estimate of drug-likeness (QED) is 0.551. The van der Waals surface area contributed by atoms with Gasteiger partial charge in [-0.05, 0) is 34.9 Å². The summed E-state index contributed by atoms with van der Waals surface area (Å²) in [5.41, 5.74) is 3.37. The zero-order valence-corrected chi connectivity index (χ0v) is 12.7. The Labute approximate surface area is 126 Å². The first kappa shape index (κ1) is 15.2. The predicted octanol–water partition coefficient (Wildman–Crippen LogP) is 1.60. The topological polar surface area (TPSA) is 97.1 Å². The summed E-state index contributed by atoms with van der Waals surface area (Å²) in [6.45, 7) is 0.313. The van der Waals surface area contributed by atoms with Crippen LogP contribution >= 0.6 is 22.9 Å². The molecule has 2 heterocycles. The van der Waals surface area contributed by atoms with Crippen LogP contribution in [0.1, 0.15) is 5.56 Å². The lowest BCUT2D eigenvalue weighted by Crippen LogP contribution is -2.26. The summed E-state index contributed by atoms with van der Waals surface area (Å²) in [5.74, 6) is 5.41. The van der Waals surface area contributed by atoms with Crippen LogP contribution in [0.3, 0.4) is 0 Å². The summed E-state index contributed by atoms with van der Waals surface area (Å²) >= 11 is 7.43. The van der Waals surface area contributed by atoms with Crippen LogP contribution in [-0.4, -0.2) is 19.9 Å². The van der Waals surface area contributed by atoms with E-state index < -0.39 is 10.0 Å². The third-order valence-corrected chi connectivity index (χ3v) is 5.00. The van der Waals surface area contributed by atoms with E-state index in [0.29, 0.717) is 13.0 Å². The zero-order chi connectivity index (χ0) is 14.6. The highest BCUT2D eigenvalue weighted by Crippen LogP contribution is 2.21. The predicted molar refractivity (Wildman–Crippen MR) is 80.3 cm³/mol. The first-order chi connectivity index (χ1) is 9.53. The highest BCUT2D eigenvalue weighted by atomic mass is 35.5. The Kier molecular flexibility index (Phi) is 4.95. The molecule has 0 radical (unpaired) electrons. The van der Waals surface area contributed by atoms with Crippen molar-refractivity contribution in [1.29, 1.82) is 0 Å². The van der Waals surface area contributed by atoms with Gasteiger partial charge >= 0.3 is 0 Å². The summed E-state index contributed by atoms with van der Waals surface area (Å²) in [6.07, 6.45) is 1.83. The molecule has 0 aromatic carbocycles. The maximum absolute atomic E-state index is 12.1. The average Bonchev–Trinajstić information content (AvgIpc) is 2.91. The molecule has 0 bridgehead atoms. The number of anilines is 1. The van der Waals surface area contributed by atoms with Gasteiger partial charge in [0.15, 0.2) is 5.82 Å². The second kappa shape index (κ2) is 6.51. The summed E-state index contributed by atoms with van der Waals surface area (Å²) in [7, 11) is -3.62. The molecule has 2 aromatic heterocycles. The van der Waals surface area contributed by atoms with E-state index in [0.717, 1.165) is 5.56 Å². The van der Waals surface area contributed by atoms with E-state index in [2.05, 4.69) is 15.1 Å². The molecule has 0 amide bonds. The summed E-state index contributed by atoms with van der Waals surface area (Å²) < 4.78 is 26.6. The second-order valence-corrected chi connectivity index (χ2v) is 6.88. The molecule has 0 fully saturated rings. The molecule has 9 heteroatoms. The van der Waals surface area contributed by atoms with Crippen molar-refractivity contribution < 1.29 is 8.42 Å². The van der Waals surface area contributed by atoms with Gasteiger partial charge in [0.25, 0.3) is 0 Å². The molecule has 0 unspecified atom stereocenters. The van der Waals surface area contributed by atoms with E-state index in [9.17, 15) is 8.42 Å². The molecule has 20 heavy (non-hydrogen) atoms. The van der Waals surface area contributed by atoms with Crippen LogP contribution in [0.4, 0.5) is 5.82 Å². The Morgan fingerprint density at radius 1 is 1.45 bits per heavy atom. The molecular weight excluding hydrogens is 320 g/mol. The molecule has 0 spiro atoms. The molecule has 108 valence electrons. The van der Waals surface area contributed by atoms with E-state index in [1.165, 1.54) is 12.3 Å². The van der Waals surface area contributed by atoms with Gasteiger partial charge in [0, 0.05) is 12.7 Å². The van der Waals surface area contributed by atoms with Crippen molar-refractivity contribution in [3.05, 3.63) is 39.7 Å². The lowest BCUT2D eigenvalue weighted by Gasteiger charge is -2.08. The van der Waals surface area contributed by atoms with E-state index in [1.807, 2.05) is 16.8 Å². The number of nitrogens with one attached hydrogen (secondary N) is 2. The largest absolute Gasteiger partial charge is 0.307 e. The number of nitrogens with zero attached hydrogens (tertiary/aromatic N) is 1. The third kappa shape index (κ3) is 3.68. The number of nitrogen functional groups attached to an aromatic ring is 1. The van der Waals surface area contributed by atoms with E-state index >= 15 is 0 Å². The molecule has 0 aliphatic carbocycles. The normalized spacial score (nSPS) is 11.5. The van der Waals surface area contributed by atoms with Crippen LogP contribution in [0.15, 0.2) is 34.0 Å². The van der Waals surface area contributed by atoms with Crippen LogP contribution in [-0.2, 0) is 16.4 Å². The van der Waals surface area contributed by atoms with Gasteiger partial charge in [-0.3, -0.25) is 0 Å². The van der Waals surface area contributed by atoms with Crippen LogP contribution in [0.25, 0.3) is 0 Å². The molecule has 0 saturated carbocycles. The zero-order valence-electron chi connectivity index (χ0n) is 10.3. The minimum atomic E-state index is -3.62. The maximum atomic E-state index is 12.1. The molecule has 0 aliphatic rings. The first-order valence-corrected chi connectivity index (χ1v) is 8.46. The fourth-order valence-electron chi connectivity index (χ4n) is 1.52. The highest BCUT2D eigenvalue weighted by Gasteiger charge is 2.16. The minimum absolute atomic E-state index is 0.00631. The van der Waals surface area contributed by atoms with Crippen molar-refractivity contribution in [2.24, 2.45) is 5.84 Å². The Morgan fingerprint density at radius 3 is 2.85 bits per heavy atom. The van der Waals surface area contributed by atoms with Gasteiger partial charge in [0.2, 0.25) is 10.0 Å². The Balaban J connectivity index is 2.04. The number of sulfonamides is 1. The van der Waals surface area contributed by atoms with Gasteiger partial charge in [-0.25, -0.2) is 24.0 Å². The van der Waals surface area contributed by atoms with E-state index in [-0.39, 0.29) is 15.7 Å². The lowest BCUT2D eigenvalue weighted by molar-refractivity contribution is 0.581. The van der Waals surface area contributed by atoms with Gasteiger partial charge in [-0.1, -0.05) is 11.6 Å². The Hall–Kier alpha value is -1.19. The second-order valence-electron chi connectivity index (χ2n) is 3.93. The monoisotopic (exact) mass is 332 g/mol. The van der Waals surface area contributed by atoms with Crippen LogP contribution < -0.4 is 16.0 Å². The summed E-state index contributed by atoms with van der Waals surface area (Å²) in [4.78, 5) is 3.84. The average molecular weight is 333 g/mol. The molecular formula is C11H13ClN4O2S2. The molecule has 4 N–H and O–H groups in total. The maximum Gasteiger partial charge on any atom is 0.242 e. The fourth-order valence-corrected chi connectivity index (χ4v) is 3.51. The van der Waals surface area contributed by atoms with Crippen molar-refractivity contribution in [2.45, 2.75) is 11.3 Å². The third-order valence-electron chi connectivity index (χ3n) is 2.55. The molecule has 0 saturated heterocycles. The van der Waals surface area contributed by atoms with Crippen molar-refractivity contribution in [3.8, 4) is 0 Å². The van der Waals surface area contributed by atoms with Gasteiger partial charge in [0.05, 0.1) is 5.02 Å². The van der Waals surface area contributed by atoms with Gasteiger partial charge in [0.1, 0.15) is 4.90 Å². The highest BCUT2D eigenvalue weighted by molar-refractivity contribution is 7.89. The standard InChI is InChI=1S/C11H13ClN4O2S2/c12-10-5-9(6-14-11(10)16-13)20(17,18)15-3-1-8-2-4-19-7-8/h2,4-7,15H,1,3,13H2,(H,14,16). The number of hydrazine groups is 1. The molecule has 6 nitrogen and oxygen atoms in total. The number of aromatic nitrogens is 1.